The van der Waals surface area contributed by atoms with Crippen LogP contribution in [0.2, 0.25) is 0 Å². The molecule has 1 atom stereocenters. The number of nitrogens with zero attached hydrogens (tertiary/aromatic N) is 3. The van der Waals surface area contributed by atoms with E-state index >= 15 is 0 Å². The molecule has 2 aromatic carbocycles. The zero-order valence-corrected chi connectivity index (χ0v) is 14.2. The minimum atomic E-state index is -1.25. The molecule has 8 nitrogen and oxygen atoms in total. The molecule has 0 aliphatic carbocycles. The number of nitriles is 1. The molecule has 0 radical (unpaired) electrons. The van der Waals surface area contributed by atoms with Gasteiger partial charge >= 0.3 is 6.03 Å². The lowest BCUT2D eigenvalue weighted by molar-refractivity contribution is -0.131. The predicted octanol–water partition coefficient (Wildman–Crippen LogP) is 2.17. The van der Waals surface area contributed by atoms with Crippen LogP contribution in [0.1, 0.15) is 5.56 Å². The van der Waals surface area contributed by atoms with Gasteiger partial charge in [-0.25, -0.2) is 9.69 Å². The standard InChI is InChI=1S/C19H14N4O4/c1-27-15-8-6-14(7-9-15)23-18(25)16(17(24)22-19(23)26)11-21-13-4-2-12(10-20)3-5-13/h2-9,11,16H,1H3,(H,22,24,26)/t16-/m0/s1. The quantitative estimate of drug-likeness (QED) is 0.662. The second kappa shape index (κ2) is 7.49. The minimum absolute atomic E-state index is 0.308. The molecule has 134 valence electrons. The fourth-order valence-electron chi connectivity index (χ4n) is 2.48. The van der Waals surface area contributed by atoms with E-state index in [-0.39, 0.29) is 0 Å². The number of hydrogen-bond acceptors (Lipinski definition) is 6. The van der Waals surface area contributed by atoms with Crippen molar-refractivity contribution in [2.24, 2.45) is 10.9 Å². The average Bonchev–Trinajstić information content (AvgIpc) is 2.68. The van der Waals surface area contributed by atoms with Gasteiger partial charge in [-0.1, -0.05) is 0 Å². The molecule has 1 aliphatic rings. The van der Waals surface area contributed by atoms with E-state index in [1.807, 2.05) is 6.07 Å². The van der Waals surface area contributed by atoms with Crippen LogP contribution in [-0.4, -0.2) is 31.2 Å². The molecule has 1 N–H and O–H groups in total. The molecule has 1 saturated heterocycles. The van der Waals surface area contributed by atoms with Gasteiger partial charge in [0, 0.05) is 6.21 Å². The van der Waals surface area contributed by atoms with Crippen LogP contribution in [0, 0.1) is 17.2 Å². The van der Waals surface area contributed by atoms with Crippen molar-refractivity contribution in [1.82, 2.24) is 5.32 Å². The number of amides is 4. The number of barbiturate groups is 1. The van der Waals surface area contributed by atoms with Crippen LogP contribution in [0.4, 0.5) is 16.2 Å². The maximum atomic E-state index is 12.7. The van der Waals surface area contributed by atoms with Gasteiger partial charge in [0.15, 0.2) is 5.92 Å². The number of ether oxygens (including phenoxy) is 1. The van der Waals surface area contributed by atoms with E-state index in [0.717, 1.165) is 4.90 Å². The molecule has 0 saturated carbocycles. The summed E-state index contributed by atoms with van der Waals surface area (Å²) in [6, 6.07) is 13.8. The molecular weight excluding hydrogens is 348 g/mol. The molecule has 8 heteroatoms. The van der Waals surface area contributed by atoms with Gasteiger partial charge in [-0.05, 0) is 48.5 Å². The van der Waals surface area contributed by atoms with E-state index in [0.29, 0.717) is 22.7 Å². The Morgan fingerprint density at radius 3 is 2.37 bits per heavy atom. The number of carbonyl (C=O) groups is 3. The Labute approximate surface area is 154 Å². The third kappa shape index (κ3) is 3.67. The lowest BCUT2D eigenvalue weighted by Crippen LogP contribution is -2.58. The topological polar surface area (TPSA) is 112 Å². The van der Waals surface area contributed by atoms with Gasteiger partial charge in [-0.3, -0.25) is 19.9 Å². The smallest absolute Gasteiger partial charge is 0.335 e. The van der Waals surface area contributed by atoms with E-state index in [1.54, 1.807) is 48.5 Å². The first kappa shape index (κ1) is 17.8. The largest absolute Gasteiger partial charge is 0.497 e. The maximum Gasteiger partial charge on any atom is 0.335 e. The molecule has 0 spiro atoms. The highest BCUT2D eigenvalue weighted by molar-refractivity contribution is 6.32. The van der Waals surface area contributed by atoms with Gasteiger partial charge in [0.2, 0.25) is 5.91 Å². The van der Waals surface area contributed by atoms with Gasteiger partial charge in [-0.15, -0.1) is 0 Å². The Hall–Kier alpha value is -3.99. The lowest BCUT2D eigenvalue weighted by Gasteiger charge is -2.28. The number of imide groups is 2. The maximum absolute atomic E-state index is 12.7. The molecule has 0 unspecified atom stereocenters. The molecule has 1 heterocycles. The lowest BCUT2D eigenvalue weighted by atomic mass is 10.1. The summed E-state index contributed by atoms with van der Waals surface area (Å²) in [6.07, 6.45) is 1.18. The first-order valence-corrected chi connectivity index (χ1v) is 7.90. The fraction of sp³-hybridized carbons (Fsp3) is 0.105. The number of aliphatic imine (C=N–C) groups is 1. The van der Waals surface area contributed by atoms with Crippen LogP contribution in [-0.2, 0) is 9.59 Å². The number of rotatable bonds is 4. The Kier molecular flexibility index (Phi) is 4.95. The van der Waals surface area contributed by atoms with Crippen LogP contribution >= 0.6 is 0 Å². The summed E-state index contributed by atoms with van der Waals surface area (Å²) in [7, 11) is 1.50. The highest BCUT2D eigenvalue weighted by Crippen LogP contribution is 2.23. The summed E-state index contributed by atoms with van der Waals surface area (Å²) in [5.74, 6) is -2.13. The van der Waals surface area contributed by atoms with Gasteiger partial charge in [0.25, 0.3) is 5.91 Å². The average molecular weight is 362 g/mol. The summed E-state index contributed by atoms with van der Waals surface area (Å²) >= 11 is 0. The van der Waals surface area contributed by atoms with Crippen molar-refractivity contribution in [3.63, 3.8) is 0 Å². The zero-order chi connectivity index (χ0) is 19.4. The van der Waals surface area contributed by atoms with Gasteiger partial charge < -0.3 is 4.74 Å². The summed E-state index contributed by atoms with van der Waals surface area (Å²) in [5, 5.41) is 10.9. The molecule has 1 aliphatic heterocycles. The number of methoxy groups -OCH3 is 1. The Morgan fingerprint density at radius 1 is 1.11 bits per heavy atom. The van der Waals surface area contributed by atoms with Crippen LogP contribution in [0.5, 0.6) is 5.75 Å². The van der Waals surface area contributed by atoms with E-state index in [9.17, 15) is 14.4 Å². The van der Waals surface area contributed by atoms with E-state index in [1.165, 1.54) is 13.3 Å². The van der Waals surface area contributed by atoms with Crippen molar-refractivity contribution < 1.29 is 19.1 Å². The molecule has 0 bridgehead atoms. The number of hydrogen-bond donors (Lipinski definition) is 1. The number of benzene rings is 2. The van der Waals surface area contributed by atoms with Crippen molar-refractivity contribution in [1.29, 1.82) is 5.26 Å². The molecular formula is C19H14N4O4. The highest BCUT2D eigenvalue weighted by Gasteiger charge is 2.40. The molecule has 3 rings (SSSR count). The SMILES string of the molecule is COc1ccc(N2C(=O)NC(=O)[C@H](C=Nc3ccc(C#N)cc3)C2=O)cc1. The predicted molar refractivity (Wildman–Crippen MR) is 96.8 cm³/mol. The molecule has 2 aromatic rings. The minimum Gasteiger partial charge on any atom is -0.497 e. The summed E-state index contributed by atoms with van der Waals surface area (Å²) < 4.78 is 5.05. The van der Waals surface area contributed by atoms with Crippen molar-refractivity contribution in [3.8, 4) is 11.8 Å². The second-order valence-electron chi connectivity index (χ2n) is 5.58. The Bertz CT molecular complexity index is 959. The summed E-state index contributed by atoms with van der Waals surface area (Å²) in [4.78, 5) is 41.9. The van der Waals surface area contributed by atoms with Crippen LogP contribution in [0.3, 0.4) is 0 Å². The Morgan fingerprint density at radius 2 is 1.78 bits per heavy atom. The van der Waals surface area contributed by atoms with Crippen molar-refractivity contribution in [2.45, 2.75) is 0 Å². The highest BCUT2D eigenvalue weighted by atomic mass is 16.5. The Balaban J connectivity index is 1.85. The van der Waals surface area contributed by atoms with Crippen LogP contribution in [0.25, 0.3) is 0 Å². The van der Waals surface area contributed by atoms with Crippen molar-refractivity contribution in [3.05, 3.63) is 54.1 Å². The van der Waals surface area contributed by atoms with E-state index in [2.05, 4.69) is 10.3 Å². The van der Waals surface area contributed by atoms with Crippen LogP contribution in [0.15, 0.2) is 53.5 Å². The third-order valence-corrected chi connectivity index (χ3v) is 3.90. The van der Waals surface area contributed by atoms with E-state index < -0.39 is 23.8 Å². The molecule has 27 heavy (non-hydrogen) atoms. The number of nitrogens with one attached hydrogen (secondary N) is 1. The first-order chi connectivity index (χ1) is 13.0. The number of anilines is 1. The molecule has 4 amide bonds. The molecule has 1 fully saturated rings. The number of carbonyl (C=O) groups excluding carboxylic acids is 3. The van der Waals surface area contributed by atoms with Crippen molar-refractivity contribution >= 4 is 35.4 Å². The first-order valence-electron chi connectivity index (χ1n) is 7.90. The van der Waals surface area contributed by atoms with Crippen molar-refractivity contribution in [2.75, 3.05) is 12.0 Å². The number of urea groups is 1. The fourth-order valence-corrected chi connectivity index (χ4v) is 2.48. The normalized spacial score (nSPS) is 17.0. The molecule has 0 aromatic heterocycles. The van der Waals surface area contributed by atoms with Gasteiger partial charge in [0.1, 0.15) is 5.75 Å². The van der Waals surface area contributed by atoms with E-state index in [4.69, 9.17) is 10.00 Å². The summed E-state index contributed by atoms with van der Waals surface area (Å²) in [6.45, 7) is 0. The summed E-state index contributed by atoms with van der Waals surface area (Å²) in [5.41, 5.74) is 1.25. The van der Waals surface area contributed by atoms with Gasteiger partial charge in [-0.2, -0.15) is 5.26 Å². The van der Waals surface area contributed by atoms with Crippen LogP contribution < -0.4 is 15.0 Å². The van der Waals surface area contributed by atoms with Gasteiger partial charge in [0.05, 0.1) is 30.1 Å². The third-order valence-electron chi connectivity index (χ3n) is 3.90. The second-order valence-corrected chi connectivity index (χ2v) is 5.58. The zero-order valence-electron chi connectivity index (χ0n) is 14.2. The monoisotopic (exact) mass is 362 g/mol.